The summed E-state index contributed by atoms with van der Waals surface area (Å²) in [6, 6.07) is 0. The van der Waals surface area contributed by atoms with Gasteiger partial charge in [0, 0.05) is 5.56 Å². The van der Waals surface area contributed by atoms with E-state index < -0.39 is 17.7 Å². The van der Waals surface area contributed by atoms with E-state index in [-0.39, 0.29) is 17.1 Å². The van der Waals surface area contributed by atoms with Crippen LogP contribution in [0.1, 0.15) is 28.0 Å². The van der Waals surface area contributed by atoms with Gasteiger partial charge in [0.15, 0.2) is 6.29 Å². The van der Waals surface area contributed by atoms with Crippen LogP contribution < -0.4 is 0 Å². The van der Waals surface area contributed by atoms with Crippen molar-refractivity contribution in [1.82, 2.24) is 4.98 Å². The first-order chi connectivity index (χ1) is 6.61. The van der Waals surface area contributed by atoms with Gasteiger partial charge in [0.25, 0.3) is 6.43 Å². The van der Waals surface area contributed by atoms with Gasteiger partial charge in [-0.3, -0.25) is 4.79 Å². The Labute approximate surface area is 83.3 Å². The Balaban J connectivity index is 3.42. The predicted octanol–water partition coefficient (Wildman–Crippen LogP) is 2.28. The summed E-state index contributed by atoms with van der Waals surface area (Å²) in [6.45, 7) is 0. The van der Waals surface area contributed by atoms with Crippen molar-refractivity contribution in [2.75, 3.05) is 0 Å². The van der Waals surface area contributed by atoms with E-state index in [1.807, 2.05) is 0 Å². The molecule has 0 aliphatic rings. The smallest absolute Gasteiger partial charge is 0.267 e. The highest BCUT2D eigenvalue weighted by Crippen LogP contribution is 2.32. The molecule has 0 fully saturated rings. The number of hydrogen-bond acceptors (Lipinski definition) is 3. The van der Waals surface area contributed by atoms with E-state index in [1.165, 1.54) is 0 Å². The fourth-order valence-corrected chi connectivity index (χ4v) is 1.34. The number of aromatic nitrogens is 1. The van der Waals surface area contributed by atoms with Crippen molar-refractivity contribution in [3.05, 3.63) is 23.0 Å². The SMILES string of the molecule is O=Cc1ncc(O)c(C(F)F)c1CCl. The highest BCUT2D eigenvalue weighted by atomic mass is 35.5. The van der Waals surface area contributed by atoms with Crippen molar-refractivity contribution in [2.45, 2.75) is 12.3 Å². The number of nitrogens with zero attached hydrogens (tertiary/aromatic N) is 1. The van der Waals surface area contributed by atoms with Crippen LogP contribution in [0.15, 0.2) is 6.20 Å². The number of hydrogen-bond donors (Lipinski definition) is 1. The summed E-state index contributed by atoms with van der Waals surface area (Å²) in [5.74, 6) is -0.948. The van der Waals surface area contributed by atoms with Crippen LogP contribution in [-0.4, -0.2) is 16.4 Å². The third-order valence-electron chi connectivity index (χ3n) is 1.70. The van der Waals surface area contributed by atoms with Crippen LogP contribution in [0.2, 0.25) is 0 Å². The topological polar surface area (TPSA) is 50.2 Å². The van der Waals surface area contributed by atoms with E-state index >= 15 is 0 Å². The predicted molar refractivity (Wildman–Crippen MR) is 45.8 cm³/mol. The number of aldehydes is 1. The van der Waals surface area contributed by atoms with Crippen LogP contribution in [0.5, 0.6) is 5.75 Å². The van der Waals surface area contributed by atoms with E-state index in [2.05, 4.69) is 4.98 Å². The molecule has 0 saturated carbocycles. The van der Waals surface area contributed by atoms with Gasteiger partial charge in [-0.2, -0.15) is 0 Å². The molecule has 1 aromatic rings. The van der Waals surface area contributed by atoms with Crippen LogP contribution >= 0.6 is 11.6 Å². The van der Waals surface area contributed by atoms with E-state index in [4.69, 9.17) is 16.7 Å². The Kier molecular flexibility index (Phi) is 3.35. The van der Waals surface area contributed by atoms with Crippen LogP contribution in [0.3, 0.4) is 0 Å². The quantitative estimate of drug-likeness (QED) is 0.629. The largest absolute Gasteiger partial charge is 0.506 e. The lowest BCUT2D eigenvalue weighted by Gasteiger charge is -2.09. The molecule has 3 nitrogen and oxygen atoms in total. The molecule has 6 heteroatoms. The number of halogens is 3. The molecular weight excluding hydrogens is 216 g/mol. The molecule has 0 atom stereocenters. The normalized spacial score (nSPS) is 10.6. The van der Waals surface area contributed by atoms with Crippen molar-refractivity contribution in [3.63, 3.8) is 0 Å². The average molecular weight is 222 g/mol. The summed E-state index contributed by atoms with van der Waals surface area (Å²) in [5.41, 5.74) is -0.929. The van der Waals surface area contributed by atoms with Gasteiger partial charge in [-0.25, -0.2) is 13.8 Å². The van der Waals surface area contributed by atoms with Crippen LogP contribution in [0.25, 0.3) is 0 Å². The lowest BCUT2D eigenvalue weighted by Crippen LogP contribution is -2.01. The fraction of sp³-hybridized carbons (Fsp3) is 0.250. The van der Waals surface area contributed by atoms with Gasteiger partial charge in [-0.15, -0.1) is 11.6 Å². The molecule has 0 spiro atoms. The van der Waals surface area contributed by atoms with Crippen LogP contribution in [0.4, 0.5) is 8.78 Å². The third-order valence-corrected chi connectivity index (χ3v) is 1.97. The second kappa shape index (κ2) is 4.32. The molecule has 1 aromatic heterocycles. The van der Waals surface area contributed by atoms with Gasteiger partial charge in [0.1, 0.15) is 11.4 Å². The molecule has 0 aliphatic carbocycles. The van der Waals surface area contributed by atoms with E-state index in [0.717, 1.165) is 6.20 Å². The lowest BCUT2D eigenvalue weighted by molar-refractivity contribution is 0.111. The molecule has 14 heavy (non-hydrogen) atoms. The minimum atomic E-state index is -2.88. The molecule has 0 amide bonds. The minimum Gasteiger partial charge on any atom is -0.506 e. The third kappa shape index (κ3) is 1.82. The summed E-state index contributed by atoms with van der Waals surface area (Å²) in [4.78, 5) is 13.9. The Bertz CT molecular complexity index is 357. The number of pyridine rings is 1. The molecule has 76 valence electrons. The lowest BCUT2D eigenvalue weighted by atomic mass is 10.1. The molecule has 0 unspecified atom stereocenters. The second-order valence-electron chi connectivity index (χ2n) is 2.47. The maximum atomic E-state index is 12.4. The van der Waals surface area contributed by atoms with Crippen molar-refractivity contribution in [3.8, 4) is 5.75 Å². The molecule has 1 rings (SSSR count). The summed E-state index contributed by atoms with van der Waals surface area (Å²) >= 11 is 5.39. The maximum absolute atomic E-state index is 12.4. The van der Waals surface area contributed by atoms with Gasteiger partial charge >= 0.3 is 0 Å². The Morgan fingerprint density at radius 2 is 2.29 bits per heavy atom. The molecule has 0 bridgehead atoms. The highest BCUT2D eigenvalue weighted by Gasteiger charge is 2.20. The van der Waals surface area contributed by atoms with Gasteiger partial charge in [0.05, 0.1) is 17.6 Å². The first kappa shape index (κ1) is 10.8. The zero-order valence-corrected chi connectivity index (χ0v) is 7.63. The molecule has 0 aromatic carbocycles. The van der Waals surface area contributed by atoms with Crippen molar-refractivity contribution >= 4 is 17.9 Å². The van der Waals surface area contributed by atoms with Gasteiger partial charge in [0.2, 0.25) is 0 Å². The first-order valence-electron chi connectivity index (χ1n) is 3.61. The molecule has 1 heterocycles. The van der Waals surface area contributed by atoms with Crippen LogP contribution in [-0.2, 0) is 5.88 Å². The summed E-state index contributed by atoms with van der Waals surface area (Å²) < 4.78 is 24.9. The number of aromatic hydroxyl groups is 1. The van der Waals surface area contributed by atoms with E-state index in [1.54, 1.807) is 0 Å². The van der Waals surface area contributed by atoms with Gasteiger partial charge < -0.3 is 5.11 Å². The number of alkyl halides is 3. The summed E-state index contributed by atoms with van der Waals surface area (Å²) in [6.07, 6.45) is -1.75. The number of carbonyl (C=O) groups is 1. The Morgan fingerprint density at radius 1 is 1.64 bits per heavy atom. The van der Waals surface area contributed by atoms with E-state index in [0.29, 0.717) is 6.29 Å². The zero-order valence-electron chi connectivity index (χ0n) is 6.88. The number of carbonyl (C=O) groups excluding carboxylic acids is 1. The van der Waals surface area contributed by atoms with Crippen molar-refractivity contribution in [1.29, 1.82) is 0 Å². The average Bonchev–Trinajstić information content (AvgIpc) is 2.16. The van der Waals surface area contributed by atoms with Crippen molar-refractivity contribution in [2.24, 2.45) is 0 Å². The summed E-state index contributed by atoms with van der Waals surface area (Å²) in [7, 11) is 0. The molecule has 0 radical (unpaired) electrons. The number of rotatable bonds is 3. The van der Waals surface area contributed by atoms with Gasteiger partial charge in [-0.1, -0.05) is 0 Å². The Hall–Kier alpha value is -1.23. The molecular formula is C8H6ClF2NO2. The standard InChI is InChI=1S/C8H6ClF2NO2/c9-1-4-5(3-13)12-2-6(14)7(4)8(10)11/h2-3,8,14H,1H2. The molecule has 1 N–H and O–H groups in total. The maximum Gasteiger partial charge on any atom is 0.267 e. The zero-order chi connectivity index (χ0) is 10.7. The monoisotopic (exact) mass is 221 g/mol. The molecule has 0 aliphatic heterocycles. The van der Waals surface area contributed by atoms with E-state index in [9.17, 15) is 13.6 Å². The van der Waals surface area contributed by atoms with Crippen LogP contribution in [0, 0.1) is 0 Å². The fourth-order valence-electron chi connectivity index (χ4n) is 1.06. The van der Waals surface area contributed by atoms with Gasteiger partial charge in [-0.05, 0) is 0 Å². The molecule has 0 saturated heterocycles. The van der Waals surface area contributed by atoms with Crippen molar-refractivity contribution < 1.29 is 18.7 Å². The Morgan fingerprint density at radius 3 is 2.71 bits per heavy atom. The first-order valence-corrected chi connectivity index (χ1v) is 4.15. The summed E-state index contributed by atoms with van der Waals surface area (Å²) in [5, 5.41) is 9.10. The minimum absolute atomic E-state index is 0.128. The second-order valence-corrected chi connectivity index (χ2v) is 2.74. The highest BCUT2D eigenvalue weighted by molar-refractivity contribution is 6.17.